The Morgan fingerprint density at radius 1 is 1.32 bits per heavy atom. The summed E-state index contributed by atoms with van der Waals surface area (Å²) in [5.41, 5.74) is 4.16. The van der Waals surface area contributed by atoms with Crippen LogP contribution in [0.3, 0.4) is 0 Å². The van der Waals surface area contributed by atoms with Crippen molar-refractivity contribution in [3.8, 4) is 0 Å². The van der Waals surface area contributed by atoms with Crippen molar-refractivity contribution in [2.45, 2.75) is 32.7 Å². The Morgan fingerprint density at radius 3 is 2.76 bits per heavy atom. The largest absolute Gasteiger partial charge is 0.349 e. The quantitative estimate of drug-likeness (QED) is 0.739. The first-order valence-electron chi connectivity index (χ1n) is 8.28. The molecular formula is C19H22N4OS. The van der Waals surface area contributed by atoms with Gasteiger partial charge < -0.3 is 5.32 Å². The summed E-state index contributed by atoms with van der Waals surface area (Å²) in [5, 5.41) is 10.3. The number of hydrogen-bond acceptors (Lipinski definition) is 4. The van der Waals surface area contributed by atoms with E-state index in [2.05, 4.69) is 27.5 Å². The molecule has 1 atom stereocenters. The van der Waals surface area contributed by atoms with Crippen LogP contribution in [0.1, 0.15) is 40.5 Å². The van der Waals surface area contributed by atoms with Crippen molar-refractivity contribution in [1.29, 1.82) is 0 Å². The summed E-state index contributed by atoms with van der Waals surface area (Å²) in [6.07, 6.45) is 2.91. The van der Waals surface area contributed by atoms with Gasteiger partial charge in [-0.25, -0.2) is 4.98 Å². The minimum Gasteiger partial charge on any atom is -0.349 e. The zero-order valence-corrected chi connectivity index (χ0v) is 15.5. The van der Waals surface area contributed by atoms with Crippen LogP contribution in [0.15, 0.2) is 41.9 Å². The van der Waals surface area contributed by atoms with E-state index in [0.717, 1.165) is 28.4 Å². The van der Waals surface area contributed by atoms with Gasteiger partial charge in [0.05, 0.1) is 29.4 Å². The molecule has 0 aliphatic carbocycles. The summed E-state index contributed by atoms with van der Waals surface area (Å²) in [6.45, 7) is 3.98. The van der Waals surface area contributed by atoms with E-state index in [1.807, 2.05) is 49.2 Å². The second kappa shape index (κ2) is 7.61. The van der Waals surface area contributed by atoms with E-state index in [1.165, 1.54) is 5.56 Å². The van der Waals surface area contributed by atoms with E-state index < -0.39 is 0 Å². The van der Waals surface area contributed by atoms with Gasteiger partial charge in [-0.15, -0.1) is 11.3 Å². The van der Waals surface area contributed by atoms with E-state index in [9.17, 15) is 4.79 Å². The van der Waals surface area contributed by atoms with Crippen molar-refractivity contribution in [2.24, 2.45) is 7.05 Å². The summed E-state index contributed by atoms with van der Waals surface area (Å²) < 4.78 is 1.81. The maximum Gasteiger partial charge on any atom is 0.226 e. The lowest BCUT2D eigenvalue weighted by Crippen LogP contribution is -2.28. The number of nitrogens with one attached hydrogen (secondary N) is 1. The van der Waals surface area contributed by atoms with Gasteiger partial charge in [0, 0.05) is 30.1 Å². The topological polar surface area (TPSA) is 59.8 Å². The number of aryl methyl sites for hydroxylation is 1. The van der Waals surface area contributed by atoms with Gasteiger partial charge in [0.25, 0.3) is 0 Å². The number of thiazole rings is 1. The molecule has 0 spiro atoms. The van der Waals surface area contributed by atoms with Gasteiger partial charge in [0.2, 0.25) is 5.91 Å². The van der Waals surface area contributed by atoms with Crippen LogP contribution in [0.5, 0.6) is 0 Å². The van der Waals surface area contributed by atoms with Crippen LogP contribution in [0, 0.1) is 6.92 Å². The molecule has 1 unspecified atom stereocenters. The van der Waals surface area contributed by atoms with Crippen molar-refractivity contribution < 1.29 is 4.79 Å². The Hall–Kier alpha value is -2.47. The van der Waals surface area contributed by atoms with E-state index >= 15 is 0 Å². The summed E-state index contributed by atoms with van der Waals surface area (Å²) in [5.74, 6) is -0.0210. The summed E-state index contributed by atoms with van der Waals surface area (Å²) in [4.78, 5) is 16.9. The van der Waals surface area contributed by atoms with Crippen LogP contribution in [-0.2, 0) is 24.7 Å². The number of hydrogen-bond donors (Lipinski definition) is 1. The third-order valence-corrected chi connectivity index (χ3v) is 5.15. The number of amides is 1. The first-order chi connectivity index (χ1) is 12.0. The maximum atomic E-state index is 12.3. The molecule has 0 saturated carbocycles. The molecule has 0 fully saturated rings. The van der Waals surface area contributed by atoms with Crippen molar-refractivity contribution in [3.05, 3.63) is 69.4 Å². The molecule has 6 heteroatoms. The molecular weight excluding hydrogens is 332 g/mol. The second-order valence-corrected chi connectivity index (χ2v) is 7.11. The molecule has 0 bridgehead atoms. The van der Waals surface area contributed by atoms with Gasteiger partial charge in [-0.05, 0) is 19.4 Å². The Labute approximate surface area is 151 Å². The van der Waals surface area contributed by atoms with E-state index in [0.29, 0.717) is 6.42 Å². The molecule has 1 N–H and O–H groups in total. The zero-order valence-electron chi connectivity index (χ0n) is 14.7. The normalized spacial score (nSPS) is 12.1. The Morgan fingerprint density at radius 2 is 2.08 bits per heavy atom. The van der Waals surface area contributed by atoms with Crippen LogP contribution < -0.4 is 5.32 Å². The molecule has 3 aromatic rings. The molecule has 3 rings (SSSR count). The monoisotopic (exact) mass is 354 g/mol. The SMILES string of the molecule is Cc1c(C(C)NC(=O)Cc2csc(Cc3ccccc3)n2)cnn1C. The zero-order chi connectivity index (χ0) is 17.8. The van der Waals surface area contributed by atoms with Gasteiger partial charge >= 0.3 is 0 Å². The lowest BCUT2D eigenvalue weighted by Gasteiger charge is -2.13. The third kappa shape index (κ3) is 4.33. The van der Waals surface area contributed by atoms with Crippen molar-refractivity contribution in [3.63, 3.8) is 0 Å². The number of benzene rings is 1. The fourth-order valence-corrected chi connectivity index (χ4v) is 3.59. The van der Waals surface area contributed by atoms with E-state index in [4.69, 9.17) is 0 Å². The van der Waals surface area contributed by atoms with Crippen LogP contribution in [-0.4, -0.2) is 20.7 Å². The standard InChI is InChI=1S/C19H22N4OS/c1-13(17-11-20-23(3)14(17)2)21-18(24)10-16-12-25-19(22-16)9-15-7-5-4-6-8-15/h4-8,11-13H,9-10H2,1-3H3,(H,21,24). The first kappa shape index (κ1) is 17.4. The van der Waals surface area contributed by atoms with Crippen LogP contribution in [0.4, 0.5) is 0 Å². The average molecular weight is 354 g/mol. The molecule has 5 nitrogen and oxygen atoms in total. The van der Waals surface area contributed by atoms with Crippen LogP contribution >= 0.6 is 11.3 Å². The molecule has 0 aliphatic rings. The Bertz CT molecular complexity index is 853. The number of aromatic nitrogens is 3. The van der Waals surface area contributed by atoms with E-state index in [-0.39, 0.29) is 11.9 Å². The molecule has 0 aliphatic heterocycles. The number of carbonyl (C=O) groups is 1. The lowest BCUT2D eigenvalue weighted by atomic mass is 10.1. The minimum absolute atomic E-state index is 0.0210. The summed E-state index contributed by atoms with van der Waals surface area (Å²) >= 11 is 1.60. The van der Waals surface area contributed by atoms with Crippen LogP contribution in [0.25, 0.3) is 0 Å². The van der Waals surface area contributed by atoms with Gasteiger partial charge in [-0.1, -0.05) is 30.3 Å². The first-order valence-corrected chi connectivity index (χ1v) is 9.16. The average Bonchev–Trinajstić information content (AvgIpc) is 3.15. The Balaban J connectivity index is 1.57. The highest BCUT2D eigenvalue weighted by atomic mass is 32.1. The smallest absolute Gasteiger partial charge is 0.226 e. The highest BCUT2D eigenvalue weighted by Gasteiger charge is 2.15. The maximum absolute atomic E-state index is 12.3. The molecule has 2 heterocycles. The molecule has 130 valence electrons. The van der Waals surface area contributed by atoms with Gasteiger partial charge in [-0.2, -0.15) is 5.10 Å². The fourth-order valence-electron chi connectivity index (χ4n) is 2.76. The van der Waals surface area contributed by atoms with Crippen LogP contribution in [0.2, 0.25) is 0 Å². The third-order valence-electron chi connectivity index (χ3n) is 4.26. The predicted octanol–water partition coefficient (Wildman–Crippen LogP) is 3.20. The molecule has 25 heavy (non-hydrogen) atoms. The van der Waals surface area contributed by atoms with Gasteiger partial charge in [0.15, 0.2) is 0 Å². The molecule has 1 aromatic carbocycles. The molecule has 0 saturated heterocycles. The predicted molar refractivity (Wildman–Crippen MR) is 99.6 cm³/mol. The Kier molecular flexibility index (Phi) is 5.28. The highest BCUT2D eigenvalue weighted by Crippen LogP contribution is 2.17. The number of nitrogens with zero attached hydrogens (tertiary/aromatic N) is 3. The summed E-state index contributed by atoms with van der Waals surface area (Å²) in [6, 6.07) is 10.2. The van der Waals surface area contributed by atoms with Crippen molar-refractivity contribution in [1.82, 2.24) is 20.1 Å². The fraction of sp³-hybridized carbons (Fsp3) is 0.316. The molecule has 2 aromatic heterocycles. The summed E-state index contributed by atoms with van der Waals surface area (Å²) in [7, 11) is 1.90. The molecule has 0 radical (unpaired) electrons. The van der Waals surface area contributed by atoms with Crippen molar-refractivity contribution >= 4 is 17.2 Å². The number of rotatable bonds is 6. The number of carbonyl (C=O) groups excluding carboxylic acids is 1. The van der Waals surface area contributed by atoms with E-state index in [1.54, 1.807) is 17.5 Å². The molecule has 1 amide bonds. The lowest BCUT2D eigenvalue weighted by molar-refractivity contribution is -0.121. The second-order valence-electron chi connectivity index (χ2n) is 6.17. The van der Waals surface area contributed by atoms with Crippen molar-refractivity contribution in [2.75, 3.05) is 0 Å². The van der Waals surface area contributed by atoms with Gasteiger partial charge in [-0.3, -0.25) is 9.48 Å². The van der Waals surface area contributed by atoms with Gasteiger partial charge in [0.1, 0.15) is 0 Å². The highest BCUT2D eigenvalue weighted by molar-refractivity contribution is 7.09. The minimum atomic E-state index is -0.0661.